The summed E-state index contributed by atoms with van der Waals surface area (Å²) in [7, 11) is 0. The quantitative estimate of drug-likeness (QED) is 0.754. The van der Waals surface area contributed by atoms with Gasteiger partial charge in [0.15, 0.2) is 6.29 Å². The molecule has 1 heterocycles. The zero-order valence-corrected chi connectivity index (χ0v) is 14.3. The summed E-state index contributed by atoms with van der Waals surface area (Å²) in [6.07, 6.45) is 11.9. The smallest absolute Gasteiger partial charge is 0.181 e. The lowest BCUT2D eigenvalue weighted by Gasteiger charge is -2.57. The molecule has 4 atom stereocenters. The number of hydrogen-bond donors (Lipinski definition) is 1. The zero-order chi connectivity index (χ0) is 16.0. The van der Waals surface area contributed by atoms with Crippen molar-refractivity contribution in [2.45, 2.75) is 59.2 Å². The van der Waals surface area contributed by atoms with Gasteiger partial charge in [0.2, 0.25) is 0 Å². The highest BCUT2D eigenvalue weighted by atomic mass is 16.6. The molecule has 0 radical (unpaired) electrons. The summed E-state index contributed by atoms with van der Waals surface area (Å²) >= 11 is 0. The molecule has 2 saturated carbocycles. The van der Waals surface area contributed by atoms with Crippen LogP contribution in [0.25, 0.3) is 0 Å². The van der Waals surface area contributed by atoms with Crippen molar-refractivity contribution in [3.8, 4) is 0 Å². The molecule has 0 bridgehead atoms. The fraction of sp³-hybridized carbons (Fsp3) is 0.700. The van der Waals surface area contributed by atoms with Gasteiger partial charge in [0, 0.05) is 11.5 Å². The molecule has 2 aliphatic carbocycles. The van der Waals surface area contributed by atoms with Crippen LogP contribution in [0.4, 0.5) is 0 Å². The van der Waals surface area contributed by atoms with E-state index in [2.05, 4.69) is 39.5 Å². The van der Waals surface area contributed by atoms with Crippen molar-refractivity contribution < 1.29 is 9.84 Å². The van der Waals surface area contributed by atoms with Crippen LogP contribution in [-0.2, 0) is 4.74 Å². The van der Waals surface area contributed by atoms with Gasteiger partial charge in [0.1, 0.15) is 0 Å². The first kappa shape index (κ1) is 16.0. The minimum Gasteiger partial charge on any atom is -0.364 e. The third-order valence-electron chi connectivity index (χ3n) is 6.52. The van der Waals surface area contributed by atoms with Gasteiger partial charge in [0.05, 0.1) is 6.61 Å². The highest BCUT2D eigenvalue weighted by molar-refractivity contribution is 5.29. The molecular formula is C20H30O2. The van der Waals surface area contributed by atoms with Crippen LogP contribution >= 0.6 is 0 Å². The number of hydrogen-bond acceptors (Lipinski definition) is 2. The van der Waals surface area contributed by atoms with E-state index < -0.39 is 6.29 Å². The summed E-state index contributed by atoms with van der Waals surface area (Å²) in [5.41, 5.74) is 2.99. The van der Waals surface area contributed by atoms with E-state index in [0.29, 0.717) is 23.4 Å². The fourth-order valence-corrected chi connectivity index (χ4v) is 5.36. The molecule has 122 valence electrons. The predicted molar refractivity (Wildman–Crippen MR) is 90.3 cm³/mol. The van der Waals surface area contributed by atoms with Crippen LogP contribution in [0.15, 0.2) is 36.0 Å². The molecule has 22 heavy (non-hydrogen) atoms. The van der Waals surface area contributed by atoms with Crippen molar-refractivity contribution in [1.82, 2.24) is 0 Å². The Bertz CT molecular complexity index is 514. The van der Waals surface area contributed by atoms with Crippen molar-refractivity contribution in [1.29, 1.82) is 0 Å². The first-order valence-electron chi connectivity index (χ1n) is 8.70. The Morgan fingerprint density at radius 2 is 2.09 bits per heavy atom. The maximum Gasteiger partial charge on any atom is 0.181 e. The van der Waals surface area contributed by atoms with Crippen molar-refractivity contribution in [3.05, 3.63) is 36.0 Å². The number of ether oxygens (including phenoxy) is 1. The highest BCUT2D eigenvalue weighted by Crippen LogP contribution is 2.61. The van der Waals surface area contributed by atoms with Crippen LogP contribution in [0.5, 0.6) is 0 Å². The van der Waals surface area contributed by atoms with Gasteiger partial charge in [-0.2, -0.15) is 0 Å². The molecule has 0 aromatic carbocycles. The van der Waals surface area contributed by atoms with Crippen LogP contribution < -0.4 is 0 Å². The predicted octanol–water partition coefficient (Wildman–Crippen LogP) is 4.62. The topological polar surface area (TPSA) is 29.5 Å². The van der Waals surface area contributed by atoms with E-state index in [1.807, 2.05) is 6.08 Å². The van der Waals surface area contributed by atoms with Gasteiger partial charge in [-0.25, -0.2) is 0 Å². The average molecular weight is 302 g/mol. The van der Waals surface area contributed by atoms with Gasteiger partial charge in [-0.15, -0.1) is 0 Å². The summed E-state index contributed by atoms with van der Waals surface area (Å²) in [6, 6.07) is 0. The molecule has 2 fully saturated rings. The van der Waals surface area contributed by atoms with Crippen LogP contribution in [0.2, 0.25) is 0 Å². The lowest BCUT2D eigenvalue weighted by Crippen LogP contribution is -2.48. The second-order valence-electron chi connectivity index (χ2n) is 8.32. The van der Waals surface area contributed by atoms with Crippen molar-refractivity contribution in [3.63, 3.8) is 0 Å². The average Bonchev–Trinajstić information content (AvgIpc) is 2.82. The van der Waals surface area contributed by atoms with Gasteiger partial charge in [-0.05, 0) is 42.4 Å². The van der Waals surface area contributed by atoms with E-state index in [9.17, 15) is 5.11 Å². The summed E-state index contributed by atoms with van der Waals surface area (Å²) in [6.45, 7) is 12.2. The molecular weight excluding hydrogens is 272 g/mol. The van der Waals surface area contributed by atoms with E-state index >= 15 is 0 Å². The van der Waals surface area contributed by atoms with E-state index in [1.54, 1.807) is 0 Å². The Balaban J connectivity index is 1.87. The van der Waals surface area contributed by atoms with Crippen molar-refractivity contribution >= 4 is 0 Å². The minimum absolute atomic E-state index is 0.304. The second-order valence-corrected chi connectivity index (χ2v) is 8.32. The maximum atomic E-state index is 9.80. The van der Waals surface area contributed by atoms with Crippen molar-refractivity contribution in [2.24, 2.45) is 22.7 Å². The van der Waals surface area contributed by atoms with Crippen LogP contribution in [-0.4, -0.2) is 18.0 Å². The molecule has 2 nitrogen and oxygen atoms in total. The molecule has 0 aromatic rings. The molecule has 3 rings (SSSR count). The number of aliphatic hydroxyl groups excluding tert-OH is 1. The van der Waals surface area contributed by atoms with E-state index in [0.717, 1.165) is 17.9 Å². The monoisotopic (exact) mass is 302 g/mol. The second kappa shape index (κ2) is 5.65. The molecule has 3 aliphatic rings. The van der Waals surface area contributed by atoms with E-state index in [1.165, 1.54) is 31.3 Å². The van der Waals surface area contributed by atoms with Gasteiger partial charge in [-0.3, -0.25) is 0 Å². The highest BCUT2D eigenvalue weighted by Gasteiger charge is 2.52. The Morgan fingerprint density at radius 1 is 1.32 bits per heavy atom. The third kappa shape index (κ3) is 2.61. The molecule has 0 spiro atoms. The molecule has 1 N–H and O–H groups in total. The molecule has 0 aromatic heterocycles. The van der Waals surface area contributed by atoms with Crippen LogP contribution in [0.1, 0.15) is 52.9 Å². The van der Waals surface area contributed by atoms with Gasteiger partial charge >= 0.3 is 0 Å². The summed E-state index contributed by atoms with van der Waals surface area (Å²) < 4.78 is 5.19. The normalized spacial score (nSPS) is 41.5. The first-order valence-corrected chi connectivity index (χ1v) is 8.70. The Morgan fingerprint density at radius 3 is 2.77 bits per heavy atom. The molecule has 0 amide bonds. The Kier molecular flexibility index (Phi) is 4.11. The standard InChI is InChI=1S/C20H30O2/c1-14-6-9-17-19(2,3)11-5-12-20(17,4)16(14)8-7-15-10-13-22-18(15)21/h7-8,10,16-18,21H,1,5-6,9,11-13H2,2-4H3/b8-7+/t16-,17-,18+,20+/m0/s1. The number of rotatable bonds is 2. The van der Waals surface area contributed by atoms with E-state index in [4.69, 9.17) is 4.74 Å². The fourth-order valence-electron chi connectivity index (χ4n) is 5.36. The van der Waals surface area contributed by atoms with Gasteiger partial charge in [0.25, 0.3) is 0 Å². The Labute approximate surface area is 134 Å². The zero-order valence-electron chi connectivity index (χ0n) is 14.3. The minimum atomic E-state index is -0.750. The molecule has 2 heteroatoms. The largest absolute Gasteiger partial charge is 0.364 e. The van der Waals surface area contributed by atoms with E-state index in [-0.39, 0.29) is 0 Å². The van der Waals surface area contributed by atoms with Gasteiger partial charge < -0.3 is 9.84 Å². The SMILES string of the molecule is C=C1CC[C@H]2C(C)(C)CCC[C@]2(C)[C@H]1/C=C/C1=CCO[C@H]1O. The number of aliphatic hydroxyl groups is 1. The summed E-state index contributed by atoms with van der Waals surface area (Å²) in [4.78, 5) is 0. The lowest BCUT2D eigenvalue weighted by molar-refractivity contribution is -0.0444. The molecule has 0 saturated heterocycles. The van der Waals surface area contributed by atoms with Crippen LogP contribution in [0, 0.1) is 22.7 Å². The Hall–Kier alpha value is -0.860. The molecule has 0 unspecified atom stereocenters. The summed E-state index contributed by atoms with van der Waals surface area (Å²) in [5, 5.41) is 9.80. The number of fused-ring (bicyclic) bond motifs is 1. The lowest BCUT2D eigenvalue weighted by atomic mass is 9.47. The molecule has 1 aliphatic heterocycles. The number of allylic oxidation sites excluding steroid dienone is 2. The van der Waals surface area contributed by atoms with Crippen molar-refractivity contribution in [2.75, 3.05) is 6.61 Å². The maximum absolute atomic E-state index is 9.80. The third-order valence-corrected chi connectivity index (χ3v) is 6.52. The van der Waals surface area contributed by atoms with Gasteiger partial charge in [-0.1, -0.05) is 57.6 Å². The summed E-state index contributed by atoms with van der Waals surface area (Å²) in [5.74, 6) is 1.17. The first-order chi connectivity index (χ1) is 10.3. The van der Waals surface area contributed by atoms with Crippen LogP contribution in [0.3, 0.4) is 0 Å².